The van der Waals surface area contributed by atoms with Gasteiger partial charge in [0.15, 0.2) is 6.29 Å². The van der Waals surface area contributed by atoms with Crippen LogP contribution in [0.2, 0.25) is 0 Å². The van der Waals surface area contributed by atoms with E-state index in [1.165, 1.54) is 17.5 Å². The van der Waals surface area contributed by atoms with Crippen LogP contribution in [-0.4, -0.2) is 44.4 Å². The molecule has 5 rings (SSSR count). The molecule has 33 heavy (non-hydrogen) atoms. The molecule has 3 aliphatic rings. The highest BCUT2D eigenvalue weighted by Crippen LogP contribution is 2.52. The average molecular weight is 453 g/mol. The van der Waals surface area contributed by atoms with Crippen LogP contribution >= 0.6 is 0 Å². The number of ether oxygens (including phenoxy) is 5. The van der Waals surface area contributed by atoms with E-state index in [2.05, 4.69) is 48.5 Å². The van der Waals surface area contributed by atoms with E-state index in [1.807, 2.05) is 12.1 Å². The fourth-order valence-electron chi connectivity index (χ4n) is 5.58. The van der Waals surface area contributed by atoms with E-state index in [4.69, 9.17) is 23.7 Å². The number of rotatable bonds is 11. The minimum absolute atomic E-state index is 0.102. The molecule has 0 N–H and O–H groups in total. The van der Waals surface area contributed by atoms with Gasteiger partial charge in [-0.3, -0.25) is 0 Å². The summed E-state index contributed by atoms with van der Waals surface area (Å²) in [7, 11) is 0. The van der Waals surface area contributed by atoms with Crippen LogP contribution in [0.25, 0.3) is 0 Å². The van der Waals surface area contributed by atoms with Crippen LogP contribution in [0.1, 0.15) is 43.2 Å². The molecule has 2 bridgehead atoms. The molecule has 3 aliphatic heterocycles. The summed E-state index contributed by atoms with van der Waals surface area (Å²) in [5.41, 5.74) is 2.09. The normalized spacial score (nSPS) is 31.2. The van der Waals surface area contributed by atoms with Crippen LogP contribution in [0.3, 0.4) is 0 Å². The van der Waals surface area contributed by atoms with Crippen molar-refractivity contribution in [2.45, 2.75) is 63.3 Å². The second-order valence-electron chi connectivity index (χ2n) is 9.64. The van der Waals surface area contributed by atoms with Crippen molar-refractivity contribution in [3.05, 3.63) is 71.8 Å². The number of hydrogen-bond acceptors (Lipinski definition) is 5. The van der Waals surface area contributed by atoms with E-state index in [0.29, 0.717) is 39.0 Å². The van der Waals surface area contributed by atoms with Gasteiger partial charge in [0, 0.05) is 18.4 Å². The highest BCUT2D eigenvalue weighted by atomic mass is 16.7. The van der Waals surface area contributed by atoms with Gasteiger partial charge in [-0.05, 0) is 43.2 Å². The summed E-state index contributed by atoms with van der Waals surface area (Å²) >= 11 is 0. The molecular formula is C28H36O5. The molecule has 3 heterocycles. The Morgan fingerprint density at radius 1 is 0.818 bits per heavy atom. The quantitative estimate of drug-likeness (QED) is 0.473. The first-order valence-corrected chi connectivity index (χ1v) is 12.5. The Morgan fingerprint density at radius 3 is 2.18 bits per heavy atom. The molecule has 5 nitrogen and oxygen atoms in total. The molecule has 0 saturated carbocycles. The summed E-state index contributed by atoms with van der Waals surface area (Å²) in [6.45, 7) is 3.94. The first kappa shape index (κ1) is 23.0. The molecule has 3 fully saturated rings. The van der Waals surface area contributed by atoms with Gasteiger partial charge >= 0.3 is 0 Å². The van der Waals surface area contributed by atoms with E-state index >= 15 is 0 Å². The number of fused-ring (bicyclic) bond motifs is 2. The standard InChI is InChI=1S/C28H36O5/c1-3-9-22(10-4-1)17-29-19-24-25(20-30-18-23-11-5-2-6-12-23)28(15-14-26(24)33-28)21-32-27-13-7-8-16-31-27/h1-6,9-12,24-27H,7-8,13-21H2/t24-,25+,26-,27?,28-/m0/s1. The predicted octanol–water partition coefficient (Wildman–Crippen LogP) is 5.13. The van der Waals surface area contributed by atoms with Crippen LogP contribution in [0.15, 0.2) is 60.7 Å². The molecule has 0 aliphatic carbocycles. The molecule has 0 amide bonds. The Labute approximate surface area is 197 Å². The van der Waals surface area contributed by atoms with Gasteiger partial charge in [0.1, 0.15) is 0 Å². The van der Waals surface area contributed by atoms with Gasteiger partial charge in [-0.1, -0.05) is 60.7 Å². The largest absolute Gasteiger partial charge is 0.376 e. The smallest absolute Gasteiger partial charge is 0.157 e. The molecule has 0 aromatic heterocycles. The Hall–Kier alpha value is -1.76. The molecule has 1 unspecified atom stereocenters. The minimum Gasteiger partial charge on any atom is -0.376 e. The van der Waals surface area contributed by atoms with Crippen molar-refractivity contribution in [1.29, 1.82) is 0 Å². The fraction of sp³-hybridized carbons (Fsp3) is 0.571. The van der Waals surface area contributed by atoms with Gasteiger partial charge in [0.2, 0.25) is 0 Å². The predicted molar refractivity (Wildman–Crippen MR) is 126 cm³/mol. The van der Waals surface area contributed by atoms with E-state index in [-0.39, 0.29) is 23.9 Å². The topological polar surface area (TPSA) is 46.2 Å². The summed E-state index contributed by atoms with van der Waals surface area (Å²) in [5.74, 6) is 0.563. The molecular weight excluding hydrogens is 416 g/mol. The van der Waals surface area contributed by atoms with E-state index in [1.54, 1.807) is 0 Å². The molecule has 178 valence electrons. The molecule has 2 aromatic rings. The van der Waals surface area contributed by atoms with Gasteiger partial charge < -0.3 is 23.7 Å². The maximum absolute atomic E-state index is 6.64. The first-order chi connectivity index (χ1) is 16.3. The van der Waals surface area contributed by atoms with Crippen LogP contribution < -0.4 is 0 Å². The zero-order chi connectivity index (χ0) is 22.3. The van der Waals surface area contributed by atoms with Crippen LogP contribution in [0.5, 0.6) is 0 Å². The van der Waals surface area contributed by atoms with Crippen molar-refractivity contribution in [3.8, 4) is 0 Å². The average Bonchev–Trinajstić information content (AvgIpc) is 3.42. The first-order valence-electron chi connectivity index (χ1n) is 12.5. The SMILES string of the molecule is c1ccc(COC[C@@H]2[C@@H]3CC[C@@](COC4CCCCO4)(O3)[C@@H]2COCc2ccccc2)cc1. The van der Waals surface area contributed by atoms with Crippen molar-refractivity contribution in [2.75, 3.05) is 26.4 Å². The molecule has 2 aromatic carbocycles. The highest BCUT2D eigenvalue weighted by Gasteiger charge is 2.59. The third-order valence-corrected chi connectivity index (χ3v) is 7.39. The van der Waals surface area contributed by atoms with E-state index in [9.17, 15) is 0 Å². The minimum atomic E-state index is -0.303. The molecule has 0 spiro atoms. The van der Waals surface area contributed by atoms with Gasteiger partial charge in [-0.2, -0.15) is 0 Å². The molecule has 5 heteroatoms. The second-order valence-corrected chi connectivity index (χ2v) is 9.64. The summed E-state index contributed by atoms with van der Waals surface area (Å²) in [6, 6.07) is 20.7. The van der Waals surface area contributed by atoms with Gasteiger partial charge in [0.25, 0.3) is 0 Å². The lowest BCUT2D eigenvalue weighted by atomic mass is 9.72. The Kier molecular flexibility index (Phi) is 7.74. The highest BCUT2D eigenvalue weighted by molar-refractivity contribution is 5.14. The zero-order valence-corrected chi connectivity index (χ0v) is 19.4. The maximum Gasteiger partial charge on any atom is 0.157 e. The van der Waals surface area contributed by atoms with Crippen molar-refractivity contribution >= 4 is 0 Å². The third kappa shape index (κ3) is 5.67. The number of hydrogen-bond donors (Lipinski definition) is 0. The molecule has 5 atom stereocenters. The van der Waals surface area contributed by atoms with Gasteiger partial charge in [0.05, 0.1) is 44.7 Å². The van der Waals surface area contributed by atoms with Gasteiger partial charge in [-0.15, -0.1) is 0 Å². The van der Waals surface area contributed by atoms with Crippen LogP contribution in [-0.2, 0) is 36.9 Å². The van der Waals surface area contributed by atoms with Crippen LogP contribution in [0, 0.1) is 11.8 Å². The van der Waals surface area contributed by atoms with Crippen LogP contribution in [0.4, 0.5) is 0 Å². The summed E-state index contributed by atoms with van der Waals surface area (Å²) in [4.78, 5) is 0. The Morgan fingerprint density at radius 2 is 1.52 bits per heavy atom. The maximum atomic E-state index is 6.64. The molecule has 0 radical (unpaired) electrons. The summed E-state index contributed by atoms with van der Waals surface area (Å²) in [5, 5.41) is 0. The van der Waals surface area contributed by atoms with Crippen molar-refractivity contribution in [2.24, 2.45) is 11.8 Å². The second kappa shape index (κ2) is 11.1. The molecule has 3 saturated heterocycles. The third-order valence-electron chi connectivity index (χ3n) is 7.39. The lowest BCUT2D eigenvalue weighted by molar-refractivity contribution is -0.198. The van der Waals surface area contributed by atoms with E-state index < -0.39 is 0 Å². The Balaban J connectivity index is 1.22. The lowest BCUT2D eigenvalue weighted by Crippen LogP contribution is -2.46. The van der Waals surface area contributed by atoms with E-state index in [0.717, 1.165) is 32.3 Å². The van der Waals surface area contributed by atoms with Crippen molar-refractivity contribution in [3.63, 3.8) is 0 Å². The monoisotopic (exact) mass is 452 g/mol. The lowest BCUT2D eigenvalue weighted by Gasteiger charge is -2.37. The Bertz CT molecular complexity index is 838. The number of benzene rings is 2. The fourth-order valence-corrected chi connectivity index (χ4v) is 5.58. The summed E-state index contributed by atoms with van der Waals surface area (Å²) in [6.07, 6.45) is 5.44. The van der Waals surface area contributed by atoms with Crippen molar-refractivity contribution in [1.82, 2.24) is 0 Å². The van der Waals surface area contributed by atoms with Gasteiger partial charge in [-0.25, -0.2) is 0 Å². The zero-order valence-electron chi connectivity index (χ0n) is 19.4. The summed E-state index contributed by atoms with van der Waals surface area (Å²) < 4.78 is 31.2. The van der Waals surface area contributed by atoms with Crippen molar-refractivity contribution < 1.29 is 23.7 Å².